The first kappa shape index (κ1) is 26.5. The van der Waals surface area contributed by atoms with Gasteiger partial charge < -0.3 is 20.4 Å². The third-order valence-corrected chi connectivity index (χ3v) is 8.94. The zero-order valence-electron chi connectivity index (χ0n) is 24.4. The number of aromatic nitrogens is 1. The lowest BCUT2D eigenvalue weighted by Gasteiger charge is -2.18. The minimum atomic E-state index is -0.408. The van der Waals surface area contributed by atoms with Gasteiger partial charge in [0.15, 0.2) is 0 Å². The highest BCUT2D eigenvalue weighted by atomic mass is 16.5. The summed E-state index contributed by atoms with van der Waals surface area (Å²) in [6.45, 7) is 0.544. The number of allylic oxidation sites excluding steroid dienone is 1. The number of amidine groups is 1. The van der Waals surface area contributed by atoms with E-state index in [1.807, 2.05) is 48.5 Å². The summed E-state index contributed by atoms with van der Waals surface area (Å²) in [6.07, 6.45) is 6.38. The number of nitrogens with one attached hydrogen (secondary N) is 1. The largest absolute Gasteiger partial charge is 0.485 e. The molecule has 1 aliphatic carbocycles. The normalized spacial score (nSPS) is 18.2. The molecule has 44 heavy (non-hydrogen) atoms. The zero-order valence-corrected chi connectivity index (χ0v) is 24.4. The van der Waals surface area contributed by atoms with Gasteiger partial charge in [-0.1, -0.05) is 91.0 Å². The Labute approximate surface area is 257 Å². The first-order chi connectivity index (χ1) is 21.7. The maximum atomic E-state index is 6.74. The van der Waals surface area contributed by atoms with Crippen LogP contribution in [0.25, 0.3) is 27.5 Å². The van der Waals surface area contributed by atoms with Crippen LogP contribution >= 0.6 is 0 Å². The molecule has 5 heteroatoms. The lowest BCUT2D eigenvalue weighted by Crippen LogP contribution is -2.34. The molecule has 5 nitrogen and oxygen atoms in total. The molecule has 0 bridgehead atoms. The van der Waals surface area contributed by atoms with Crippen LogP contribution < -0.4 is 15.8 Å². The molecule has 0 spiro atoms. The fourth-order valence-electron chi connectivity index (χ4n) is 6.78. The van der Waals surface area contributed by atoms with Crippen molar-refractivity contribution in [3.63, 3.8) is 0 Å². The van der Waals surface area contributed by atoms with Gasteiger partial charge in [0.2, 0.25) is 0 Å². The Morgan fingerprint density at radius 1 is 0.864 bits per heavy atom. The number of para-hydroxylation sites is 1. The summed E-state index contributed by atoms with van der Waals surface area (Å²) in [5.41, 5.74) is 14.5. The summed E-state index contributed by atoms with van der Waals surface area (Å²) in [5.74, 6) is 2.17. The Morgan fingerprint density at radius 2 is 1.59 bits per heavy atom. The molecular formula is C39H34N4O. The summed E-state index contributed by atoms with van der Waals surface area (Å²) in [5, 5.41) is 5.84. The maximum Gasteiger partial charge on any atom is 0.133 e. The summed E-state index contributed by atoms with van der Waals surface area (Å²) in [6, 6.07) is 42.2. The van der Waals surface area contributed by atoms with Crippen molar-refractivity contribution in [3.05, 3.63) is 156 Å². The van der Waals surface area contributed by atoms with Gasteiger partial charge in [-0.05, 0) is 66.4 Å². The van der Waals surface area contributed by atoms with Crippen LogP contribution in [-0.2, 0) is 6.54 Å². The highest BCUT2D eigenvalue weighted by Crippen LogP contribution is 2.49. The van der Waals surface area contributed by atoms with Crippen molar-refractivity contribution in [2.75, 3.05) is 0 Å². The number of benzene rings is 5. The van der Waals surface area contributed by atoms with Gasteiger partial charge >= 0.3 is 0 Å². The first-order valence-electron chi connectivity index (χ1n) is 15.4. The standard InChI is InChI=1S/C39H34N4O/c40-38(27-14-6-2-7-15-27)42-39(41-25-26-12-4-1-5-13-26)28-20-22-33-32(24-28)36-34(43(33)29-16-8-3-9-17-29)23-21-31-30-18-10-11-19-35(30)44-37(31)36/h1-9,11-17,19-24,30,35,38H,10,18,25,40H2,(H,41,42). The monoisotopic (exact) mass is 574 g/mol. The number of fused-ring (bicyclic) bond motifs is 7. The molecule has 1 aromatic heterocycles. The first-order valence-corrected chi connectivity index (χ1v) is 15.4. The van der Waals surface area contributed by atoms with Crippen LogP contribution in [0, 0.1) is 0 Å². The van der Waals surface area contributed by atoms with E-state index in [2.05, 4.69) is 94.8 Å². The number of nitrogens with two attached hydrogens (primary N) is 1. The SMILES string of the molecule is NC(N/C(=N\Cc1ccccc1)c1ccc2c(c1)c1c3c(ccc1n2-c1ccccc1)C1CCC=CC1O3)c1ccccc1. The van der Waals surface area contributed by atoms with Crippen molar-refractivity contribution in [2.45, 2.75) is 37.6 Å². The molecule has 0 fully saturated rings. The van der Waals surface area contributed by atoms with Crippen LogP contribution in [0.15, 0.2) is 138 Å². The summed E-state index contributed by atoms with van der Waals surface area (Å²) >= 11 is 0. The fourth-order valence-corrected chi connectivity index (χ4v) is 6.78. The minimum absolute atomic E-state index is 0.0937. The Hall–Kier alpha value is -5.13. The zero-order chi connectivity index (χ0) is 29.5. The number of aliphatic imine (C=N–C) groups is 1. The average Bonchev–Trinajstić information content (AvgIpc) is 3.63. The van der Waals surface area contributed by atoms with E-state index in [0.29, 0.717) is 12.5 Å². The van der Waals surface area contributed by atoms with E-state index in [1.54, 1.807) is 0 Å². The predicted molar refractivity (Wildman–Crippen MR) is 180 cm³/mol. The van der Waals surface area contributed by atoms with E-state index in [-0.39, 0.29) is 6.10 Å². The van der Waals surface area contributed by atoms with Gasteiger partial charge in [-0.3, -0.25) is 4.99 Å². The van der Waals surface area contributed by atoms with Gasteiger partial charge in [0.25, 0.3) is 0 Å². The molecule has 8 rings (SSSR count). The van der Waals surface area contributed by atoms with Crippen molar-refractivity contribution >= 4 is 27.6 Å². The third kappa shape index (κ3) is 4.66. The molecule has 1 aliphatic heterocycles. The minimum Gasteiger partial charge on any atom is -0.485 e. The average molecular weight is 575 g/mol. The molecule has 3 N–H and O–H groups in total. The Bertz CT molecular complexity index is 2010. The molecule has 3 atom stereocenters. The fraction of sp³-hybridized carbons (Fsp3) is 0.154. The number of hydrogen-bond acceptors (Lipinski definition) is 3. The van der Waals surface area contributed by atoms with Crippen molar-refractivity contribution < 1.29 is 4.74 Å². The Kier molecular flexibility index (Phi) is 6.73. The van der Waals surface area contributed by atoms with E-state index in [9.17, 15) is 0 Å². The second-order valence-corrected chi connectivity index (χ2v) is 11.7. The molecule has 3 unspecified atom stereocenters. The van der Waals surface area contributed by atoms with Gasteiger partial charge in [0.1, 0.15) is 23.9 Å². The van der Waals surface area contributed by atoms with Crippen LogP contribution in [0.4, 0.5) is 0 Å². The lowest BCUT2D eigenvalue weighted by atomic mass is 9.87. The van der Waals surface area contributed by atoms with Crippen molar-refractivity contribution in [1.82, 2.24) is 9.88 Å². The second-order valence-electron chi connectivity index (χ2n) is 11.7. The number of ether oxygens (including phenoxy) is 1. The van der Waals surface area contributed by atoms with Gasteiger partial charge in [0, 0.05) is 28.1 Å². The molecule has 2 heterocycles. The molecular weight excluding hydrogens is 540 g/mol. The van der Waals surface area contributed by atoms with E-state index in [4.69, 9.17) is 15.5 Å². The molecule has 216 valence electrons. The van der Waals surface area contributed by atoms with Crippen LogP contribution in [-0.4, -0.2) is 16.5 Å². The van der Waals surface area contributed by atoms with Crippen molar-refractivity contribution in [3.8, 4) is 11.4 Å². The molecule has 0 saturated carbocycles. The molecule has 0 saturated heterocycles. The summed E-state index contributed by atoms with van der Waals surface area (Å²) in [7, 11) is 0. The van der Waals surface area contributed by atoms with Gasteiger partial charge in [0.05, 0.1) is 23.0 Å². The molecule has 2 aliphatic rings. The van der Waals surface area contributed by atoms with Gasteiger partial charge in [-0.15, -0.1) is 0 Å². The van der Waals surface area contributed by atoms with E-state index in [1.165, 1.54) is 5.56 Å². The highest BCUT2D eigenvalue weighted by molar-refractivity contribution is 6.15. The van der Waals surface area contributed by atoms with Crippen LogP contribution in [0.3, 0.4) is 0 Å². The number of hydrogen-bond donors (Lipinski definition) is 2. The van der Waals surface area contributed by atoms with Crippen LogP contribution in [0.5, 0.6) is 5.75 Å². The molecule has 0 radical (unpaired) electrons. The van der Waals surface area contributed by atoms with Crippen molar-refractivity contribution in [2.24, 2.45) is 10.7 Å². The molecule has 6 aromatic rings. The lowest BCUT2D eigenvalue weighted by molar-refractivity contribution is 0.246. The second kappa shape index (κ2) is 11.2. The topological polar surface area (TPSA) is 64.6 Å². The van der Waals surface area contributed by atoms with Crippen molar-refractivity contribution in [1.29, 1.82) is 0 Å². The van der Waals surface area contributed by atoms with Gasteiger partial charge in [-0.25, -0.2) is 0 Å². The third-order valence-electron chi connectivity index (χ3n) is 8.94. The molecule has 0 amide bonds. The van der Waals surface area contributed by atoms with E-state index < -0.39 is 6.17 Å². The summed E-state index contributed by atoms with van der Waals surface area (Å²) < 4.78 is 9.09. The number of nitrogens with zero attached hydrogens (tertiary/aromatic N) is 2. The van der Waals surface area contributed by atoms with E-state index >= 15 is 0 Å². The Morgan fingerprint density at radius 3 is 2.39 bits per heavy atom. The van der Waals surface area contributed by atoms with E-state index in [0.717, 1.165) is 68.6 Å². The smallest absolute Gasteiger partial charge is 0.133 e. The predicted octanol–water partition coefficient (Wildman–Crippen LogP) is 8.17. The van der Waals surface area contributed by atoms with Gasteiger partial charge in [-0.2, -0.15) is 0 Å². The maximum absolute atomic E-state index is 6.74. The highest BCUT2D eigenvalue weighted by Gasteiger charge is 2.36. The quantitative estimate of drug-likeness (QED) is 0.0913. The Balaban J connectivity index is 1.31. The number of rotatable bonds is 6. The summed E-state index contributed by atoms with van der Waals surface area (Å²) in [4.78, 5) is 5.09. The molecule has 5 aromatic carbocycles. The van der Waals surface area contributed by atoms with Crippen LogP contribution in [0.2, 0.25) is 0 Å². The van der Waals surface area contributed by atoms with Crippen LogP contribution in [0.1, 0.15) is 47.2 Å².